The SMILES string of the molecule is CC(=N)N1CCC(N2CCCC2)CC1. The molecule has 80 valence electrons. The third-order valence-corrected chi connectivity index (χ3v) is 3.60. The molecule has 0 aromatic rings. The van der Waals surface area contributed by atoms with Crippen LogP contribution in [0.2, 0.25) is 0 Å². The van der Waals surface area contributed by atoms with E-state index in [0.29, 0.717) is 0 Å². The summed E-state index contributed by atoms with van der Waals surface area (Å²) in [5.41, 5.74) is 0. The fourth-order valence-corrected chi connectivity index (χ4v) is 2.67. The fourth-order valence-electron chi connectivity index (χ4n) is 2.67. The zero-order valence-electron chi connectivity index (χ0n) is 9.13. The quantitative estimate of drug-likeness (QED) is 0.508. The smallest absolute Gasteiger partial charge is 0.0925 e. The Bertz CT molecular complexity index is 201. The van der Waals surface area contributed by atoms with E-state index in [1.165, 1.54) is 38.8 Å². The lowest BCUT2D eigenvalue weighted by Crippen LogP contribution is -2.45. The molecule has 0 spiro atoms. The number of rotatable bonds is 1. The van der Waals surface area contributed by atoms with Crippen molar-refractivity contribution in [2.45, 2.75) is 38.6 Å². The number of hydrogen-bond acceptors (Lipinski definition) is 2. The van der Waals surface area contributed by atoms with Crippen molar-refractivity contribution in [1.29, 1.82) is 5.41 Å². The van der Waals surface area contributed by atoms with Gasteiger partial charge in [0.25, 0.3) is 0 Å². The lowest BCUT2D eigenvalue weighted by atomic mass is 10.0. The molecule has 2 saturated heterocycles. The molecule has 0 radical (unpaired) electrons. The van der Waals surface area contributed by atoms with Crippen molar-refractivity contribution in [3.05, 3.63) is 0 Å². The first-order valence-corrected chi connectivity index (χ1v) is 5.81. The molecule has 2 aliphatic heterocycles. The lowest BCUT2D eigenvalue weighted by molar-refractivity contribution is 0.163. The highest BCUT2D eigenvalue weighted by molar-refractivity contribution is 5.76. The van der Waals surface area contributed by atoms with E-state index in [2.05, 4.69) is 9.80 Å². The highest BCUT2D eigenvalue weighted by Gasteiger charge is 2.26. The van der Waals surface area contributed by atoms with Crippen LogP contribution in [0.1, 0.15) is 32.6 Å². The van der Waals surface area contributed by atoms with Crippen LogP contribution in [-0.2, 0) is 0 Å². The normalized spacial score (nSPS) is 25.6. The second-order valence-corrected chi connectivity index (χ2v) is 4.55. The van der Waals surface area contributed by atoms with Crippen LogP contribution in [0.15, 0.2) is 0 Å². The molecule has 0 aliphatic carbocycles. The summed E-state index contributed by atoms with van der Waals surface area (Å²) in [6, 6.07) is 0.813. The molecule has 3 heteroatoms. The monoisotopic (exact) mass is 195 g/mol. The minimum Gasteiger partial charge on any atom is -0.361 e. The number of likely N-dealkylation sites (tertiary alicyclic amines) is 2. The minimum absolute atomic E-state index is 0.741. The Labute approximate surface area is 86.6 Å². The number of amidine groups is 1. The zero-order chi connectivity index (χ0) is 9.97. The summed E-state index contributed by atoms with van der Waals surface area (Å²) in [4.78, 5) is 4.85. The molecule has 2 heterocycles. The van der Waals surface area contributed by atoms with Crippen molar-refractivity contribution in [3.63, 3.8) is 0 Å². The molecule has 2 aliphatic rings. The van der Waals surface area contributed by atoms with Gasteiger partial charge >= 0.3 is 0 Å². The molecular formula is C11H21N3. The lowest BCUT2D eigenvalue weighted by Gasteiger charge is -2.37. The van der Waals surface area contributed by atoms with Crippen LogP contribution in [0.3, 0.4) is 0 Å². The molecular weight excluding hydrogens is 174 g/mol. The standard InChI is InChI=1S/C11H21N3/c1-10(12)13-8-4-11(5-9-13)14-6-2-3-7-14/h11-12H,2-9H2,1H3. The van der Waals surface area contributed by atoms with E-state index >= 15 is 0 Å². The Kier molecular flexibility index (Phi) is 3.06. The Morgan fingerprint density at radius 2 is 1.64 bits per heavy atom. The molecule has 0 aromatic heterocycles. The second kappa shape index (κ2) is 4.30. The summed E-state index contributed by atoms with van der Waals surface area (Å²) in [5.74, 6) is 0.741. The van der Waals surface area contributed by atoms with Crippen molar-refractivity contribution in [3.8, 4) is 0 Å². The number of nitrogens with zero attached hydrogens (tertiary/aromatic N) is 2. The van der Waals surface area contributed by atoms with Crippen LogP contribution in [0.4, 0.5) is 0 Å². The van der Waals surface area contributed by atoms with Gasteiger partial charge in [-0.25, -0.2) is 0 Å². The average Bonchev–Trinajstić information content (AvgIpc) is 2.71. The van der Waals surface area contributed by atoms with Crippen LogP contribution < -0.4 is 0 Å². The van der Waals surface area contributed by atoms with E-state index in [9.17, 15) is 0 Å². The maximum absolute atomic E-state index is 7.58. The van der Waals surface area contributed by atoms with Gasteiger partial charge in [0, 0.05) is 19.1 Å². The van der Waals surface area contributed by atoms with Crippen molar-refractivity contribution >= 4 is 5.84 Å². The molecule has 0 unspecified atom stereocenters. The summed E-state index contributed by atoms with van der Waals surface area (Å²) >= 11 is 0. The first kappa shape index (κ1) is 9.97. The molecule has 2 fully saturated rings. The maximum atomic E-state index is 7.58. The molecule has 0 aromatic carbocycles. The predicted molar refractivity (Wildman–Crippen MR) is 58.8 cm³/mol. The average molecular weight is 195 g/mol. The second-order valence-electron chi connectivity index (χ2n) is 4.55. The van der Waals surface area contributed by atoms with Gasteiger partial charge in [-0.05, 0) is 45.7 Å². The molecule has 0 saturated carbocycles. The maximum Gasteiger partial charge on any atom is 0.0925 e. The largest absolute Gasteiger partial charge is 0.361 e. The summed E-state index contributed by atoms with van der Waals surface area (Å²) in [6.07, 6.45) is 5.31. The topological polar surface area (TPSA) is 30.3 Å². The van der Waals surface area contributed by atoms with Crippen LogP contribution in [0.5, 0.6) is 0 Å². The molecule has 2 rings (SSSR count). The van der Waals surface area contributed by atoms with Gasteiger partial charge < -0.3 is 9.80 Å². The first-order valence-electron chi connectivity index (χ1n) is 5.81. The molecule has 0 bridgehead atoms. The Balaban J connectivity index is 1.80. The summed E-state index contributed by atoms with van der Waals surface area (Å²) < 4.78 is 0. The van der Waals surface area contributed by atoms with E-state index in [-0.39, 0.29) is 0 Å². The Hall–Kier alpha value is -0.570. The van der Waals surface area contributed by atoms with Crippen molar-refractivity contribution < 1.29 is 0 Å². The Morgan fingerprint density at radius 1 is 1.07 bits per heavy atom. The van der Waals surface area contributed by atoms with Gasteiger partial charge in [0.2, 0.25) is 0 Å². The van der Waals surface area contributed by atoms with E-state index in [1.807, 2.05) is 6.92 Å². The number of piperidine rings is 1. The Morgan fingerprint density at radius 3 is 2.14 bits per heavy atom. The van der Waals surface area contributed by atoms with Crippen molar-refractivity contribution in [2.24, 2.45) is 0 Å². The van der Waals surface area contributed by atoms with Crippen LogP contribution >= 0.6 is 0 Å². The summed E-state index contributed by atoms with van der Waals surface area (Å²) in [6.45, 7) is 6.71. The van der Waals surface area contributed by atoms with Gasteiger partial charge in [-0.1, -0.05) is 0 Å². The minimum atomic E-state index is 0.741. The molecule has 0 amide bonds. The number of hydrogen-bond donors (Lipinski definition) is 1. The molecule has 14 heavy (non-hydrogen) atoms. The van der Waals surface area contributed by atoms with Gasteiger partial charge in [0.05, 0.1) is 5.84 Å². The van der Waals surface area contributed by atoms with E-state index in [1.54, 1.807) is 0 Å². The summed E-state index contributed by atoms with van der Waals surface area (Å²) in [7, 11) is 0. The fraction of sp³-hybridized carbons (Fsp3) is 0.909. The van der Waals surface area contributed by atoms with Crippen molar-refractivity contribution in [1.82, 2.24) is 9.80 Å². The van der Waals surface area contributed by atoms with Crippen molar-refractivity contribution in [2.75, 3.05) is 26.2 Å². The van der Waals surface area contributed by atoms with Gasteiger partial charge in [-0.2, -0.15) is 0 Å². The molecule has 3 nitrogen and oxygen atoms in total. The number of nitrogens with one attached hydrogen (secondary N) is 1. The summed E-state index contributed by atoms with van der Waals surface area (Å²) in [5, 5.41) is 7.58. The van der Waals surface area contributed by atoms with Gasteiger partial charge in [0.15, 0.2) is 0 Å². The predicted octanol–water partition coefficient (Wildman–Crippen LogP) is 1.54. The third kappa shape index (κ3) is 2.08. The third-order valence-electron chi connectivity index (χ3n) is 3.60. The molecule has 0 atom stereocenters. The molecule has 1 N–H and O–H groups in total. The van der Waals surface area contributed by atoms with Crippen LogP contribution in [0.25, 0.3) is 0 Å². The van der Waals surface area contributed by atoms with E-state index < -0.39 is 0 Å². The van der Waals surface area contributed by atoms with Crippen LogP contribution in [-0.4, -0.2) is 47.9 Å². The highest BCUT2D eigenvalue weighted by atomic mass is 15.2. The van der Waals surface area contributed by atoms with E-state index in [4.69, 9.17) is 5.41 Å². The zero-order valence-corrected chi connectivity index (χ0v) is 9.13. The van der Waals surface area contributed by atoms with Gasteiger partial charge in [0.1, 0.15) is 0 Å². The van der Waals surface area contributed by atoms with Crippen LogP contribution in [0, 0.1) is 5.41 Å². The van der Waals surface area contributed by atoms with Gasteiger partial charge in [-0.15, -0.1) is 0 Å². The van der Waals surface area contributed by atoms with Gasteiger partial charge in [-0.3, -0.25) is 5.41 Å². The van der Waals surface area contributed by atoms with E-state index in [0.717, 1.165) is 25.0 Å². The first-order chi connectivity index (χ1) is 6.77. The highest BCUT2D eigenvalue weighted by Crippen LogP contribution is 2.20.